The normalized spacial score (nSPS) is 15.4. The molecule has 0 radical (unpaired) electrons. The van der Waals surface area contributed by atoms with Crippen LogP contribution >= 0.6 is 0 Å². The van der Waals surface area contributed by atoms with E-state index in [0.717, 1.165) is 0 Å². The first-order valence-electron chi connectivity index (χ1n) is 7.11. The molecule has 0 aliphatic rings. The summed E-state index contributed by atoms with van der Waals surface area (Å²) >= 11 is 0. The number of nitrogens with one attached hydrogen (secondary N) is 2. The van der Waals surface area contributed by atoms with Crippen molar-refractivity contribution in [3.05, 3.63) is 0 Å². The van der Waals surface area contributed by atoms with Crippen LogP contribution in [-0.4, -0.2) is 35.6 Å². The van der Waals surface area contributed by atoms with E-state index in [1.165, 1.54) is 0 Å². The number of aliphatic hydroxyl groups excluding tert-OH is 1. The number of carbonyl (C=O) groups excluding carboxylic acids is 2. The van der Waals surface area contributed by atoms with Gasteiger partial charge in [0.1, 0.15) is 6.04 Å². The minimum Gasteiger partial charge on any atom is -0.396 e. The molecule has 0 heterocycles. The Bertz CT molecular complexity index is 340. The zero-order valence-electron chi connectivity index (χ0n) is 13.8. The lowest BCUT2D eigenvalue weighted by molar-refractivity contribution is -0.133. The van der Waals surface area contributed by atoms with E-state index in [1.54, 1.807) is 27.7 Å². The summed E-state index contributed by atoms with van der Waals surface area (Å²) in [6.45, 7) is 13.1. The van der Waals surface area contributed by atoms with Gasteiger partial charge in [-0.2, -0.15) is 0 Å². The quantitative estimate of drug-likeness (QED) is 0.716. The second-order valence-corrected chi connectivity index (χ2v) is 7.38. The lowest BCUT2D eigenvalue weighted by Gasteiger charge is -2.32. The topological polar surface area (TPSA) is 78.4 Å². The van der Waals surface area contributed by atoms with Gasteiger partial charge in [-0.25, -0.2) is 0 Å². The van der Waals surface area contributed by atoms with Crippen LogP contribution in [0, 0.1) is 10.8 Å². The molecule has 0 aliphatic carbocycles. The van der Waals surface area contributed by atoms with Crippen LogP contribution in [0.3, 0.4) is 0 Å². The van der Waals surface area contributed by atoms with Crippen LogP contribution in [0.15, 0.2) is 0 Å². The van der Waals surface area contributed by atoms with Crippen molar-refractivity contribution < 1.29 is 14.7 Å². The molecule has 0 saturated carbocycles. The first-order chi connectivity index (χ1) is 8.89. The Morgan fingerprint density at radius 1 is 1.05 bits per heavy atom. The summed E-state index contributed by atoms with van der Waals surface area (Å²) in [5.74, 6) is -0.384. The van der Waals surface area contributed by atoms with Gasteiger partial charge in [0.2, 0.25) is 11.8 Å². The van der Waals surface area contributed by atoms with Crippen molar-refractivity contribution in [3.63, 3.8) is 0 Å². The monoisotopic (exact) mass is 286 g/mol. The van der Waals surface area contributed by atoms with Gasteiger partial charge >= 0.3 is 0 Å². The molecule has 2 unspecified atom stereocenters. The molecule has 0 aromatic rings. The zero-order chi connectivity index (χ0) is 16.1. The summed E-state index contributed by atoms with van der Waals surface area (Å²) in [7, 11) is 0. The van der Waals surface area contributed by atoms with Gasteiger partial charge in [-0.1, -0.05) is 41.5 Å². The van der Waals surface area contributed by atoms with Crippen molar-refractivity contribution >= 4 is 11.8 Å². The standard InChI is InChI=1S/C15H30N2O3/c1-10(16-13(20)15(5,6)7)12(19)17-11(8-9-18)14(2,3)4/h10-11,18H,8-9H2,1-7H3,(H,16,20)(H,17,19). The van der Waals surface area contributed by atoms with E-state index in [9.17, 15) is 9.59 Å². The Morgan fingerprint density at radius 3 is 1.90 bits per heavy atom. The summed E-state index contributed by atoms with van der Waals surface area (Å²) in [4.78, 5) is 24.0. The van der Waals surface area contributed by atoms with Gasteiger partial charge in [0.25, 0.3) is 0 Å². The Morgan fingerprint density at radius 2 is 1.55 bits per heavy atom. The average Bonchev–Trinajstić information content (AvgIpc) is 2.25. The first-order valence-corrected chi connectivity index (χ1v) is 7.11. The molecule has 0 aliphatic heterocycles. The zero-order valence-corrected chi connectivity index (χ0v) is 13.8. The fourth-order valence-electron chi connectivity index (χ4n) is 1.63. The summed E-state index contributed by atoms with van der Waals surface area (Å²) in [5.41, 5.74) is -0.671. The fourth-order valence-corrected chi connectivity index (χ4v) is 1.63. The summed E-state index contributed by atoms with van der Waals surface area (Å²) in [6, 6.07) is -0.723. The van der Waals surface area contributed by atoms with Gasteiger partial charge in [0.15, 0.2) is 0 Å². The minimum atomic E-state index is -0.592. The van der Waals surface area contributed by atoms with E-state index in [-0.39, 0.29) is 29.9 Å². The van der Waals surface area contributed by atoms with Gasteiger partial charge in [-0.3, -0.25) is 9.59 Å². The van der Waals surface area contributed by atoms with E-state index in [1.807, 2.05) is 20.8 Å². The molecule has 0 spiro atoms. The number of hydrogen-bond acceptors (Lipinski definition) is 3. The largest absolute Gasteiger partial charge is 0.396 e. The third kappa shape index (κ3) is 6.37. The maximum Gasteiger partial charge on any atom is 0.242 e. The summed E-state index contributed by atoms with van der Waals surface area (Å²) < 4.78 is 0. The highest BCUT2D eigenvalue weighted by Crippen LogP contribution is 2.21. The third-order valence-corrected chi connectivity index (χ3v) is 3.20. The van der Waals surface area contributed by atoms with Crippen molar-refractivity contribution in [2.24, 2.45) is 10.8 Å². The fraction of sp³-hybridized carbons (Fsp3) is 0.867. The Balaban J connectivity index is 4.62. The Labute approximate surface area is 122 Å². The molecule has 0 saturated heterocycles. The Kier molecular flexibility index (Phi) is 6.68. The molecule has 0 aromatic carbocycles. The molecular formula is C15H30N2O3. The molecule has 0 bridgehead atoms. The number of carbonyl (C=O) groups is 2. The van der Waals surface area contributed by atoms with Gasteiger partial charge in [0.05, 0.1) is 0 Å². The van der Waals surface area contributed by atoms with Crippen LogP contribution in [0.2, 0.25) is 0 Å². The van der Waals surface area contributed by atoms with E-state index < -0.39 is 11.5 Å². The second kappa shape index (κ2) is 7.07. The lowest BCUT2D eigenvalue weighted by atomic mass is 9.84. The van der Waals surface area contributed by atoms with Gasteiger partial charge in [-0.15, -0.1) is 0 Å². The van der Waals surface area contributed by atoms with Crippen LogP contribution in [0.4, 0.5) is 0 Å². The molecule has 0 rings (SSSR count). The van der Waals surface area contributed by atoms with E-state index in [4.69, 9.17) is 5.11 Å². The molecule has 118 valence electrons. The van der Waals surface area contributed by atoms with Crippen molar-refractivity contribution in [2.45, 2.75) is 67.0 Å². The molecule has 2 amide bonds. The van der Waals surface area contributed by atoms with E-state index >= 15 is 0 Å². The smallest absolute Gasteiger partial charge is 0.242 e. The molecule has 3 N–H and O–H groups in total. The number of hydrogen-bond donors (Lipinski definition) is 3. The van der Waals surface area contributed by atoms with Crippen molar-refractivity contribution in [1.29, 1.82) is 0 Å². The highest BCUT2D eigenvalue weighted by atomic mass is 16.3. The highest BCUT2D eigenvalue weighted by molar-refractivity contribution is 5.89. The predicted octanol–water partition coefficient (Wildman–Crippen LogP) is 1.45. The molecule has 5 heteroatoms. The molecule has 0 fully saturated rings. The molecule has 0 aromatic heterocycles. The Hall–Kier alpha value is -1.10. The van der Waals surface area contributed by atoms with Crippen molar-refractivity contribution in [3.8, 4) is 0 Å². The van der Waals surface area contributed by atoms with Crippen molar-refractivity contribution in [1.82, 2.24) is 10.6 Å². The van der Waals surface area contributed by atoms with Crippen LogP contribution in [0.5, 0.6) is 0 Å². The van der Waals surface area contributed by atoms with Gasteiger partial charge < -0.3 is 15.7 Å². The summed E-state index contributed by atoms with van der Waals surface area (Å²) in [5, 5.41) is 14.7. The SMILES string of the molecule is CC(NC(=O)C(C)(C)C)C(=O)NC(CCO)C(C)(C)C. The summed E-state index contributed by atoms with van der Waals surface area (Å²) in [6.07, 6.45) is 0.495. The van der Waals surface area contributed by atoms with Gasteiger partial charge in [0, 0.05) is 18.1 Å². The maximum absolute atomic E-state index is 12.1. The van der Waals surface area contributed by atoms with Crippen LogP contribution < -0.4 is 10.6 Å². The minimum absolute atomic E-state index is 0.0188. The third-order valence-electron chi connectivity index (χ3n) is 3.20. The molecule has 20 heavy (non-hydrogen) atoms. The molecule has 2 atom stereocenters. The van der Waals surface area contributed by atoms with Crippen LogP contribution in [-0.2, 0) is 9.59 Å². The molecule has 5 nitrogen and oxygen atoms in total. The second-order valence-electron chi connectivity index (χ2n) is 7.38. The van der Waals surface area contributed by atoms with Crippen LogP contribution in [0.1, 0.15) is 54.9 Å². The first kappa shape index (κ1) is 18.9. The van der Waals surface area contributed by atoms with Gasteiger partial charge in [-0.05, 0) is 18.8 Å². The van der Waals surface area contributed by atoms with Crippen LogP contribution in [0.25, 0.3) is 0 Å². The number of amides is 2. The van der Waals surface area contributed by atoms with E-state index in [2.05, 4.69) is 10.6 Å². The molecular weight excluding hydrogens is 256 g/mol. The maximum atomic E-state index is 12.1. The van der Waals surface area contributed by atoms with E-state index in [0.29, 0.717) is 6.42 Å². The van der Waals surface area contributed by atoms with Crippen molar-refractivity contribution in [2.75, 3.05) is 6.61 Å². The number of aliphatic hydroxyl groups is 1. The predicted molar refractivity (Wildman–Crippen MR) is 80.1 cm³/mol. The highest BCUT2D eigenvalue weighted by Gasteiger charge is 2.29. The lowest BCUT2D eigenvalue weighted by Crippen LogP contribution is -2.53. The number of rotatable bonds is 5. The average molecular weight is 286 g/mol.